The third-order valence-electron chi connectivity index (χ3n) is 6.52. The van der Waals surface area contributed by atoms with Crippen molar-refractivity contribution < 1.29 is 24.1 Å². The highest BCUT2D eigenvalue weighted by Crippen LogP contribution is 2.42. The molecule has 3 heterocycles. The second-order valence-corrected chi connectivity index (χ2v) is 8.45. The van der Waals surface area contributed by atoms with Crippen molar-refractivity contribution in [3.05, 3.63) is 29.8 Å². The zero-order chi connectivity index (χ0) is 20.1. The van der Waals surface area contributed by atoms with Gasteiger partial charge >= 0.3 is 5.97 Å². The van der Waals surface area contributed by atoms with Crippen LogP contribution in [-0.2, 0) is 20.8 Å². The van der Waals surface area contributed by atoms with Gasteiger partial charge in [0.25, 0.3) is 0 Å². The number of carbonyl (C=O) groups is 1. The van der Waals surface area contributed by atoms with Gasteiger partial charge in [0.1, 0.15) is 5.75 Å². The molecule has 0 radical (unpaired) electrons. The summed E-state index contributed by atoms with van der Waals surface area (Å²) in [5.41, 5.74) is 0.549. The lowest BCUT2D eigenvalue weighted by Crippen LogP contribution is -2.44. The Morgan fingerprint density at radius 3 is 2.66 bits per heavy atom. The van der Waals surface area contributed by atoms with Crippen LogP contribution in [0.4, 0.5) is 0 Å². The highest BCUT2D eigenvalue weighted by atomic mass is 16.5. The van der Waals surface area contributed by atoms with Crippen molar-refractivity contribution >= 4 is 5.97 Å². The second-order valence-electron chi connectivity index (χ2n) is 8.45. The third-order valence-corrected chi connectivity index (χ3v) is 6.52. The third kappa shape index (κ3) is 4.91. The topological polar surface area (TPSA) is 71.5 Å². The molecule has 0 spiro atoms. The maximum atomic E-state index is 11.9. The minimum absolute atomic E-state index is 0.0859. The number of carboxylic acid groups (broad SMARTS) is 1. The van der Waals surface area contributed by atoms with Gasteiger partial charge in [0, 0.05) is 51.8 Å². The van der Waals surface area contributed by atoms with Gasteiger partial charge in [-0.3, -0.25) is 14.6 Å². The number of benzene rings is 1. The van der Waals surface area contributed by atoms with E-state index in [1.807, 2.05) is 12.1 Å². The van der Waals surface area contributed by atoms with E-state index in [0.29, 0.717) is 32.8 Å². The lowest BCUT2D eigenvalue weighted by molar-refractivity contribution is -0.157. The summed E-state index contributed by atoms with van der Waals surface area (Å²) in [4.78, 5) is 16.6. The van der Waals surface area contributed by atoms with E-state index in [4.69, 9.17) is 14.2 Å². The fourth-order valence-corrected chi connectivity index (χ4v) is 4.78. The summed E-state index contributed by atoms with van der Waals surface area (Å²) in [6.07, 6.45) is 1.62. The highest BCUT2D eigenvalue weighted by Gasteiger charge is 2.53. The average Bonchev–Trinajstić information content (AvgIpc) is 3.12. The molecule has 0 aliphatic carbocycles. The number of fused-ring (bicyclic) bond motifs is 1. The SMILES string of the molecule is O=C(O)[C@]12CCOC[C@H]1CN(Cc1ccc(OCCCN3CCOCC3)cc1)C2. The number of hydrogen-bond donors (Lipinski definition) is 1. The van der Waals surface area contributed by atoms with Gasteiger partial charge in [0.15, 0.2) is 0 Å². The minimum Gasteiger partial charge on any atom is -0.494 e. The molecule has 0 unspecified atom stereocenters. The fraction of sp³-hybridized carbons (Fsp3) is 0.682. The number of hydrogen-bond acceptors (Lipinski definition) is 6. The van der Waals surface area contributed by atoms with E-state index in [1.54, 1.807) is 0 Å². The molecule has 3 saturated heterocycles. The number of aliphatic carboxylic acids is 1. The highest BCUT2D eigenvalue weighted by molar-refractivity contribution is 5.76. The van der Waals surface area contributed by atoms with E-state index in [9.17, 15) is 9.90 Å². The molecule has 0 saturated carbocycles. The van der Waals surface area contributed by atoms with Crippen LogP contribution in [-0.4, -0.2) is 86.6 Å². The average molecular weight is 405 g/mol. The number of rotatable bonds is 8. The quantitative estimate of drug-likeness (QED) is 0.662. The molecule has 3 aliphatic rings. The van der Waals surface area contributed by atoms with Crippen LogP contribution in [0.3, 0.4) is 0 Å². The van der Waals surface area contributed by atoms with Gasteiger partial charge in [-0.15, -0.1) is 0 Å². The van der Waals surface area contributed by atoms with Crippen LogP contribution >= 0.6 is 0 Å². The molecule has 1 N–H and O–H groups in total. The summed E-state index contributed by atoms with van der Waals surface area (Å²) in [5, 5.41) is 9.80. The molecule has 3 fully saturated rings. The fourth-order valence-electron chi connectivity index (χ4n) is 4.78. The van der Waals surface area contributed by atoms with Gasteiger partial charge in [0.2, 0.25) is 0 Å². The number of carboxylic acids is 1. The van der Waals surface area contributed by atoms with E-state index in [2.05, 4.69) is 21.9 Å². The Bertz CT molecular complexity index is 676. The van der Waals surface area contributed by atoms with Crippen LogP contribution in [0.1, 0.15) is 18.4 Å². The van der Waals surface area contributed by atoms with Crippen molar-refractivity contribution in [2.75, 3.05) is 65.8 Å². The van der Waals surface area contributed by atoms with E-state index in [-0.39, 0.29) is 5.92 Å². The first kappa shape index (κ1) is 20.6. The van der Waals surface area contributed by atoms with E-state index in [1.165, 1.54) is 5.56 Å². The maximum absolute atomic E-state index is 11.9. The summed E-state index contributed by atoms with van der Waals surface area (Å²) in [6, 6.07) is 8.21. The number of morpholine rings is 1. The molecule has 0 bridgehead atoms. The molecule has 7 nitrogen and oxygen atoms in total. The van der Waals surface area contributed by atoms with Crippen molar-refractivity contribution in [3.63, 3.8) is 0 Å². The molecule has 1 aromatic carbocycles. The Hall–Kier alpha value is -1.67. The molecule has 4 rings (SSSR count). The Morgan fingerprint density at radius 1 is 1.14 bits per heavy atom. The van der Waals surface area contributed by atoms with E-state index < -0.39 is 11.4 Å². The normalized spacial score (nSPS) is 28.2. The Kier molecular flexibility index (Phi) is 6.70. The molecule has 1 aromatic rings. The Balaban J connectivity index is 1.23. The summed E-state index contributed by atoms with van der Waals surface area (Å²) >= 11 is 0. The molecule has 0 aromatic heterocycles. The standard InChI is InChI=1S/C22H32N2O5/c25-21(26)22-6-11-28-16-19(22)15-24(17-22)14-18-2-4-20(5-3-18)29-10-1-7-23-8-12-27-13-9-23/h2-5,19H,1,6-17H2,(H,25,26)/t19-,22+/m1/s1. The van der Waals surface area contributed by atoms with Gasteiger partial charge in [-0.2, -0.15) is 0 Å². The summed E-state index contributed by atoms with van der Waals surface area (Å²) in [6.45, 7) is 8.72. The van der Waals surface area contributed by atoms with Crippen LogP contribution in [0.15, 0.2) is 24.3 Å². The largest absolute Gasteiger partial charge is 0.494 e. The van der Waals surface area contributed by atoms with Gasteiger partial charge < -0.3 is 19.3 Å². The predicted molar refractivity (Wildman–Crippen MR) is 108 cm³/mol. The summed E-state index contributed by atoms with van der Waals surface area (Å²) in [5.74, 6) is 0.304. The molecule has 3 aliphatic heterocycles. The van der Waals surface area contributed by atoms with Crippen LogP contribution in [0, 0.1) is 11.3 Å². The van der Waals surface area contributed by atoms with E-state index in [0.717, 1.165) is 58.1 Å². The zero-order valence-corrected chi connectivity index (χ0v) is 17.1. The lowest BCUT2D eigenvalue weighted by atomic mass is 9.74. The maximum Gasteiger partial charge on any atom is 0.311 e. The van der Waals surface area contributed by atoms with Gasteiger partial charge in [0.05, 0.1) is 31.8 Å². The first-order valence-electron chi connectivity index (χ1n) is 10.7. The second kappa shape index (κ2) is 9.43. The van der Waals surface area contributed by atoms with Crippen molar-refractivity contribution in [2.24, 2.45) is 11.3 Å². The van der Waals surface area contributed by atoms with Crippen LogP contribution in [0.2, 0.25) is 0 Å². The molecule has 160 valence electrons. The molecule has 29 heavy (non-hydrogen) atoms. The number of ether oxygens (including phenoxy) is 3. The molecule has 7 heteroatoms. The summed E-state index contributed by atoms with van der Waals surface area (Å²) in [7, 11) is 0. The van der Waals surface area contributed by atoms with Gasteiger partial charge in [-0.1, -0.05) is 12.1 Å². The lowest BCUT2D eigenvalue weighted by Gasteiger charge is -2.34. The molecule has 0 amide bonds. The predicted octanol–water partition coefficient (Wildman–Crippen LogP) is 1.71. The molecular weight excluding hydrogens is 372 g/mol. The smallest absolute Gasteiger partial charge is 0.311 e. The van der Waals surface area contributed by atoms with Crippen molar-refractivity contribution in [2.45, 2.75) is 19.4 Å². The number of likely N-dealkylation sites (tertiary alicyclic amines) is 1. The first-order chi connectivity index (χ1) is 14.2. The van der Waals surface area contributed by atoms with E-state index >= 15 is 0 Å². The Labute approximate surface area is 172 Å². The minimum atomic E-state index is -0.672. The van der Waals surface area contributed by atoms with Gasteiger partial charge in [-0.25, -0.2) is 0 Å². The Morgan fingerprint density at radius 2 is 1.93 bits per heavy atom. The van der Waals surface area contributed by atoms with Gasteiger partial charge in [-0.05, 0) is 30.5 Å². The van der Waals surface area contributed by atoms with Crippen molar-refractivity contribution in [1.82, 2.24) is 9.80 Å². The van der Waals surface area contributed by atoms with Crippen molar-refractivity contribution in [1.29, 1.82) is 0 Å². The molecular formula is C22H32N2O5. The zero-order valence-electron chi connectivity index (χ0n) is 17.1. The monoisotopic (exact) mass is 404 g/mol. The van der Waals surface area contributed by atoms with Crippen LogP contribution in [0.5, 0.6) is 5.75 Å². The number of nitrogens with zero attached hydrogens (tertiary/aromatic N) is 2. The van der Waals surface area contributed by atoms with Crippen LogP contribution in [0.25, 0.3) is 0 Å². The first-order valence-corrected chi connectivity index (χ1v) is 10.7. The van der Waals surface area contributed by atoms with Crippen molar-refractivity contribution in [3.8, 4) is 5.75 Å². The molecule has 2 atom stereocenters. The summed E-state index contributed by atoms with van der Waals surface area (Å²) < 4.78 is 16.8. The van der Waals surface area contributed by atoms with Crippen LogP contribution < -0.4 is 4.74 Å².